The zero-order valence-electron chi connectivity index (χ0n) is 17.4. The van der Waals surface area contributed by atoms with Crippen molar-refractivity contribution in [1.29, 1.82) is 0 Å². The first kappa shape index (κ1) is 20.9. The number of hydrogen-bond acceptors (Lipinski definition) is 3. The molecule has 0 aromatic heterocycles. The minimum Gasteiger partial charge on any atom is -0.341 e. The van der Waals surface area contributed by atoms with E-state index in [4.69, 9.17) is 11.6 Å². The summed E-state index contributed by atoms with van der Waals surface area (Å²) in [6.07, 6.45) is 1.06. The van der Waals surface area contributed by atoms with E-state index in [9.17, 15) is 9.59 Å². The molecular formula is C24H28ClN3O2. The molecule has 30 heavy (non-hydrogen) atoms. The van der Waals surface area contributed by atoms with Gasteiger partial charge in [-0.15, -0.1) is 0 Å². The molecule has 2 amide bonds. The number of fused-ring (bicyclic) bond motifs is 1. The number of piperazine rings is 1. The van der Waals surface area contributed by atoms with Gasteiger partial charge >= 0.3 is 0 Å². The Morgan fingerprint density at radius 3 is 2.53 bits per heavy atom. The van der Waals surface area contributed by atoms with Crippen molar-refractivity contribution in [1.82, 2.24) is 14.7 Å². The molecule has 1 unspecified atom stereocenters. The molecule has 0 radical (unpaired) electrons. The van der Waals surface area contributed by atoms with Crippen molar-refractivity contribution in [2.24, 2.45) is 0 Å². The molecule has 0 bridgehead atoms. The molecule has 2 aromatic rings. The number of nitrogens with zero attached hydrogens (tertiary/aromatic N) is 3. The third kappa shape index (κ3) is 4.85. The van der Waals surface area contributed by atoms with Crippen LogP contribution < -0.4 is 0 Å². The van der Waals surface area contributed by atoms with Gasteiger partial charge in [-0.1, -0.05) is 53.6 Å². The molecular weight excluding hydrogens is 398 g/mol. The Bertz CT molecular complexity index is 915. The first-order valence-electron chi connectivity index (χ1n) is 10.6. The summed E-state index contributed by atoms with van der Waals surface area (Å²) in [4.78, 5) is 32.1. The minimum absolute atomic E-state index is 0.112. The van der Waals surface area contributed by atoms with E-state index >= 15 is 0 Å². The Morgan fingerprint density at radius 2 is 1.77 bits per heavy atom. The first-order chi connectivity index (χ1) is 14.5. The summed E-state index contributed by atoms with van der Waals surface area (Å²) < 4.78 is 0. The number of rotatable bonds is 4. The van der Waals surface area contributed by atoms with E-state index < -0.39 is 0 Å². The van der Waals surface area contributed by atoms with Crippen LogP contribution in [0.2, 0.25) is 5.02 Å². The third-order valence-corrected chi connectivity index (χ3v) is 6.35. The van der Waals surface area contributed by atoms with E-state index in [1.165, 1.54) is 11.1 Å². The van der Waals surface area contributed by atoms with Gasteiger partial charge in [-0.2, -0.15) is 0 Å². The van der Waals surface area contributed by atoms with Gasteiger partial charge in [-0.25, -0.2) is 0 Å². The number of carbonyl (C=O) groups excluding carboxylic acids is 2. The quantitative estimate of drug-likeness (QED) is 0.755. The van der Waals surface area contributed by atoms with Crippen molar-refractivity contribution < 1.29 is 9.59 Å². The predicted molar refractivity (Wildman–Crippen MR) is 118 cm³/mol. The van der Waals surface area contributed by atoms with Gasteiger partial charge in [0.05, 0.1) is 12.5 Å². The summed E-state index contributed by atoms with van der Waals surface area (Å²) in [6.45, 7) is 6.38. The Morgan fingerprint density at radius 1 is 1.00 bits per heavy atom. The molecule has 2 aliphatic heterocycles. The molecule has 2 saturated heterocycles. The molecule has 6 heteroatoms. The molecule has 5 nitrogen and oxygen atoms in total. The predicted octanol–water partition coefficient (Wildman–Crippen LogP) is 3.14. The molecule has 2 aliphatic rings. The van der Waals surface area contributed by atoms with Crippen molar-refractivity contribution >= 4 is 23.4 Å². The number of aryl methyl sites for hydroxylation is 1. The highest BCUT2D eigenvalue weighted by molar-refractivity contribution is 6.30. The van der Waals surface area contributed by atoms with Gasteiger partial charge in [0.1, 0.15) is 0 Å². The largest absolute Gasteiger partial charge is 0.341 e. The van der Waals surface area contributed by atoms with Gasteiger partial charge in [0.2, 0.25) is 11.8 Å². The maximum absolute atomic E-state index is 13.2. The van der Waals surface area contributed by atoms with Gasteiger partial charge in [0.15, 0.2) is 0 Å². The number of amides is 2. The summed E-state index contributed by atoms with van der Waals surface area (Å²) in [5, 5.41) is 0.673. The molecule has 2 heterocycles. The summed E-state index contributed by atoms with van der Waals surface area (Å²) in [7, 11) is 0. The zero-order valence-corrected chi connectivity index (χ0v) is 18.1. The van der Waals surface area contributed by atoms with Crippen molar-refractivity contribution in [2.75, 3.05) is 32.7 Å². The van der Waals surface area contributed by atoms with Gasteiger partial charge in [0.25, 0.3) is 0 Å². The fraction of sp³-hybridized carbons (Fsp3) is 0.417. The lowest BCUT2D eigenvalue weighted by molar-refractivity contribution is -0.142. The second kappa shape index (κ2) is 9.19. The van der Waals surface area contributed by atoms with Crippen LogP contribution in [0.4, 0.5) is 0 Å². The topological polar surface area (TPSA) is 43.9 Å². The van der Waals surface area contributed by atoms with Crippen molar-refractivity contribution in [3.05, 3.63) is 70.2 Å². The van der Waals surface area contributed by atoms with Crippen LogP contribution in [0.3, 0.4) is 0 Å². The Labute approximate surface area is 183 Å². The van der Waals surface area contributed by atoms with E-state index in [0.29, 0.717) is 37.5 Å². The lowest BCUT2D eigenvalue weighted by atomic mass is 10.1. The van der Waals surface area contributed by atoms with Crippen molar-refractivity contribution in [3.8, 4) is 0 Å². The van der Waals surface area contributed by atoms with Crippen molar-refractivity contribution in [3.63, 3.8) is 0 Å². The van der Waals surface area contributed by atoms with Crippen LogP contribution in [-0.2, 0) is 22.6 Å². The van der Waals surface area contributed by atoms with Crippen LogP contribution in [0, 0.1) is 6.92 Å². The van der Waals surface area contributed by atoms with E-state index in [2.05, 4.69) is 30.0 Å². The highest BCUT2D eigenvalue weighted by Crippen LogP contribution is 2.21. The number of carbonyl (C=O) groups is 2. The fourth-order valence-electron chi connectivity index (χ4n) is 4.42. The highest BCUT2D eigenvalue weighted by Gasteiger charge is 2.37. The van der Waals surface area contributed by atoms with Crippen LogP contribution in [0.25, 0.3) is 0 Å². The second-order valence-corrected chi connectivity index (χ2v) is 8.71. The van der Waals surface area contributed by atoms with E-state index in [0.717, 1.165) is 25.2 Å². The summed E-state index contributed by atoms with van der Waals surface area (Å²) >= 11 is 5.94. The normalized spacial score (nSPS) is 20.1. The minimum atomic E-state index is -0.128. The molecule has 0 saturated carbocycles. The van der Waals surface area contributed by atoms with Gasteiger partial charge in [-0.05, 0) is 36.6 Å². The Balaban J connectivity index is 1.37. The van der Waals surface area contributed by atoms with E-state index in [1.54, 1.807) is 0 Å². The van der Waals surface area contributed by atoms with Gasteiger partial charge in [0, 0.05) is 44.3 Å². The van der Waals surface area contributed by atoms with Gasteiger partial charge < -0.3 is 9.80 Å². The first-order valence-corrected chi connectivity index (χ1v) is 11.0. The Hall–Kier alpha value is -2.37. The zero-order chi connectivity index (χ0) is 21.1. The monoisotopic (exact) mass is 425 g/mol. The summed E-state index contributed by atoms with van der Waals surface area (Å²) in [5.74, 6) is 0.302. The van der Waals surface area contributed by atoms with E-state index in [-0.39, 0.29) is 17.9 Å². The van der Waals surface area contributed by atoms with Crippen LogP contribution in [0.15, 0.2) is 48.5 Å². The number of halogens is 1. The molecule has 0 spiro atoms. The molecule has 158 valence electrons. The Kier molecular flexibility index (Phi) is 6.40. The smallest absolute Gasteiger partial charge is 0.240 e. The second-order valence-electron chi connectivity index (χ2n) is 8.27. The summed E-state index contributed by atoms with van der Waals surface area (Å²) in [6, 6.07) is 15.6. The highest BCUT2D eigenvalue weighted by atomic mass is 35.5. The van der Waals surface area contributed by atoms with Crippen molar-refractivity contribution in [2.45, 2.75) is 32.4 Å². The average molecular weight is 426 g/mol. The molecule has 0 N–H and O–H groups in total. The van der Waals surface area contributed by atoms with Crippen LogP contribution >= 0.6 is 11.6 Å². The standard InChI is InChI=1S/C24H28ClN3O2/c1-18-3-2-4-20(15-18)17-28-14-12-26-11-13-27(10-9-22(26)24(28)30)23(29)16-19-5-7-21(25)8-6-19/h2-8,15,22H,9-14,16-17H2,1H3. The molecule has 4 rings (SSSR count). The fourth-order valence-corrected chi connectivity index (χ4v) is 4.55. The molecule has 2 aromatic carbocycles. The maximum Gasteiger partial charge on any atom is 0.240 e. The maximum atomic E-state index is 13.2. The van der Waals surface area contributed by atoms with Crippen LogP contribution in [0.5, 0.6) is 0 Å². The SMILES string of the molecule is Cc1cccc(CN2CCN3CCN(C(=O)Cc4ccc(Cl)cc4)CCC3C2=O)c1. The molecule has 2 fully saturated rings. The summed E-state index contributed by atoms with van der Waals surface area (Å²) in [5.41, 5.74) is 3.35. The lowest BCUT2D eigenvalue weighted by Gasteiger charge is -2.39. The number of benzene rings is 2. The third-order valence-electron chi connectivity index (χ3n) is 6.10. The molecule has 0 aliphatic carbocycles. The average Bonchev–Trinajstić information content (AvgIpc) is 2.95. The number of hydrogen-bond donors (Lipinski definition) is 0. The molecule has 1 atom stereocenters. The van der Waals surface area contributed by atoms with E-state index in [1.807, 2.05) is 40.1 Å². The lowest BCUT2D eigenvalue weighted by Crippen LogP contribution is -2.56. The van der Waals surface area contributed by atoms with Crippen LogP contribution in [-0.4, -0.2) is 65.3 Å². The van der Waals surface area contributed by atoms with Crippen LogP contribution in [0.1, 0.15) is 23.1 Å². The van der Waals surface area contributed by atoms with Gasteiger partial charge in [-0.3, -0.25) is 14.5 Å².